The first kappa shape index (κ1) is 18.8. The average molecular weight is 428 g/mol. The highest BCUT2D eigenvalue weighted by Gasteiger charge is 2.18. The van der Waals surface area contributed by atoms with E-state index in [0.717, 1.165) is 15.1 Å². The van der Waals surface area contributed by atoms with E-state index in [-0.39, 0.29) is 10.3 Å². The summed E-state index contributed by atoms with van der Waals surface area (Å²) >= 11 is 7.85. The van der Waals surface area contributed by atoms with Gasteiger partial charge in [-0.1, -0.05) is 54.1 Å². The summed E-state index contributed by atoms with van der Waals surface area (Å²) in [7, 11) is -3.79. The van der Waals surface area contributed by atoms with Crippen molar-refractivity contribution in [1.29, 1.82) is 0 Å². The van der Waals surface area contributed by atoms with Crippen LogP contribution in [0.25, 0.3) is 31.7 Å². The van der Waals surface area contributed by atoms with E-state index in [1.807, 2.05) is 30.3 Å². The summed E-state index contributed by atoms with van der Waals surface area (Å²) in [5.41, 5.74) is 1.74. The molecule has 0 radical (unpaired) electrons. The summed E-state index contributed by atoms with van der Waals surface area (Å²) in [6.07, 6.45) is 0. The molecule has 4 rings (SSSR count). The molecular formula is C21H14ClNO3S2. The predicted octanol–water partition coefficient (Wildman–Crippen LogP) is 4.90. The normalized spacial score (nSPS) is 11.6. The zero-order valence-electron chi connectivity index (χ0n) is 14.4. The summed E-state index contributed by atoms with van der Waals surface area (Å²) in [5, 5.41) is 6.29. The van der Waals surface area contributed by atoms with Gasteiger partial charge in [0.15, 0.2) is 5.43 Å². The lowest BCUT2D eigenvalue weighted by atomic mass is 10.0. The Hall–Kier alpha value is -2.51. The molecule has 0 aliphatic carbocycles. The van der Waals surface area contributed by atoms with Gasteiger partial charge in [-0.05, 0) is 35.9 Å². The Kier molecular flexibility index (Phi) is 4.81. The molecule has 140 valence electrons. The van der Waals surface area contributed by atoms with Crippen molar-refractivity contribution >= 4 is 43.0 Å². The Morgan fingerprint density at radius 1 is 0.857 bits per heavy atom. The quantitative estimate of drug-likeness (QED) is 0.505. The van der Waals surface area contributed by atoms with E-state index < -0.39 is 10.0 Å². The van der Waals surface area contributed by atoms with Gasteiger partial charge in [0, 0.05) is 31.1 Å². The molecule has 0 spiro atoms. The molecule has 28 heavy (non-hydrogen) atoms. The lowest BCUT2D eigenvalue weighted by Gasteiger charge is -2.12. The molecule has 0 bridgehead atoms. The molecule has 1 aromatic heterocycles. The monoisotopic (exact) mass is 427 g/mol. The minimum atomic E-state index is -3.79. The Labute approximate surface area is 170 Å². The molecule has 1 heterocycles. The van der Waals surface area contributed by atoms with Crippen molar-refractivity contribution in [2.75, 3.05) is 0 Å². The van der Waals surface area contributed by atoms with E-state index in [0.29, 0.717) is 21.5 Å². The van der Waals surface area contributed by atoms with Gasteiger partial charge in [-0.15, -0.1) is 11.3 Å². The second-order valence-electron chi connectivity index (χ2n) is 6.18. The van der Waals surface area contributed by atoms with Crippen LogP contribution in [-0.2, 0) is 10.0 Å². The fourth-order valence-corrected chi connectivity index (χ4v) is 4.99. The number of primary sulfonamides is 1. The van der Waals surface area contributed by atoms with Crippen LogP contribution in [0.5, 0.6) is 0 Å². The average Bonchev–Trinajstić information content (AvgIpc) is 2.68. The van der Waals surface area contributed by atoms with Crippen LogP contribution in [-0.4, -0.2) is 8.42 Å². The molecule has 0 aliphatic heterocycles. The van der Waals surface area contributed by atoms with E-state index in [2.05, 4.69) is 0 Å². The minimum Gasteiger partial charge on any atom is -0.288 e. The van der Waals surface area contributed by atoms with Crippen molar-refractivity contribution in [3.63, 3.8) is 0 Å². The Morgan fingerprint density at radius 3 is 2.18 bits per heavy atom. The SMILES string of the molecule is NS(=O)(=O)c1ccc(-c2sc3ccccc3c(=O)c2-c2ccccc2Cl)cc1. The second-order valence-corrected chi connectivity index (χ2v) is 9.20. The standard InChI is InChI=1S/C21H14ClNO3S2/c22-17-7-3-1-5-15(17)19-20(24)16-6-2-4-8-18(16)27-21(19)13-9-11-14(12-10-13)28(23,25)26/h1-12H,(H2,23,25,26). The molecular weight excluding hydrogens is 414 g/mol. The van der Waals surface area contributed by atoms with Gasteiger partial charge >= 0.3 is 0 Å². The molecule has 0 saturated heterocycles. The van der Waals surface area contributed by atoms with Crippen LogP contribution >= 0.6 is 22.9 Å². The van der Waals surface area contributed by atoms with Gasteiger partial charge in [0.05, 0.1) is 4.90 Å². The van der Waals surface area contributed by atoms with Gasteiger partial charge in [0.1, 0.15) is 0 Å². The predicted molar refractivity (Wildman–Crippen MR) is 115 cm³/mol. The molecule has 4 nitrogen and oxygen atoms in total. The smallest absolute Gasteiger partial charge is 0.238 e. The van der Waals surface area contributed by atoms with Crippen molar-refractivity contribution in [2.45, 2.75) is 4.90 Å². The van der Waals surface area contributed by atoms with E-state index >= 15 is 0 Å². The van der Waals surface area contributed by atoms with E-state index in [1.54, 1.807) is 30.3 Å². The number of nitrogens with two attached hydrogens (primary N) is 1. The first-order chi connectivity index (χ1) is 13.4. The molecule has 4 aromatic rings. The number of rotatable bonds is 3. The summed E-state index contributed by atoms with van der Waals surface area (Å²) in [5.74, 6) is 0. The maximum atomic E-state index is 13.3. The van der Waals surface area contributed by atoms with Crippen LogP contribution in [0.1, 0.15) is 0 Å². The summed E-state index contributed by atoms with van der Waals surface area (Å²) in [6.45, 7) is 0. The highest BCUT2D eigenvalue weighted by Crippen LogP contribution is 2.39. The molecule has 0 unspecified atom stereocenters. The van der Waals surface area contributed by atoms with E-state index in [4.69, 9.17) is 16.7 Å². The van der Waals surface area contributed by atoms with Crippen molar-refractivity contribution in [3.05, 3.63) is 88.0 Å². The lowest BCUT2D eigenvalue weighted by Crippen LogP contribution is -2.11. The molecule has 0 fully saturated rings. The number of sulfonamides is 1. The molecule has 0 saturated carbocycles. The van der Waals surface area contributed by atoms with Gasteiger partial charge in [-0.3, -0.25) is 4.79 Å². The Balaban J connectivity index is 2.06. The molecule has 7 heteroatoms. The van der Waals surface area contributed by atoms with Crippen molar-refractivity contribution in [2.24, 2.45) is 5.14 Å². The topological polar surface area (TPSA) is 77.2 Å². The molecule has 0 atom stereocenters. The minimum absolute atomic E-state index is 0.0173. The Morgan fingerprint density at radius 2 is 1.50 bits per heavy atom. The van der Waals surface area contributed by atoms with Crippen LogP contribution in [0.2, 0.25) is 5.02 Å². The van der Waals surface area contributed by atoms with Crippen LogP contribution < -0.4 is 10.6 Å². The number of halogens is 1. The van der Waals surface area contributed by atoms with Crippen molar-refractivity contribution in [1.82, 2.24) is 0 Å². The summed E-state index contributed by atoms with van der Waals surface area (Å²) < 4.78 is 24.0. The number of hydrogen-bond acceptors (Lipinski definition) is 4. The molecule has 3 aromatic carbocycles. The summed E-state index contributed by atoms with van der Waals surface area (Å²) in [4.78, 5) is 14.1. The number of fused-ring (bicyclic) bond motifs is 1. The second kappa shape index (κ2) is 7.14. The largest absolute Gasteiger partial charge is 0.288 e. The fourth-order valence-electron chi connectivity index (χ4n) is 3.05. The van der Waals surface area contributed by atoms with Gasteiger partial charge in [0.25, 0.3) is 0 Å². The molecule has 0 aliphatic rings. The number of benzene rings is 3. The maximum absolute atomic E-state index is 13.3. The van der Waals surface area contributed by atoms with Crippen LogP contribution in [0, 0.1) is 0 Å². The highest BCUT2D eigenvalue weighted by molar-refractivity contribution is 7.89. The zero-order valence-corrected chi connectivity index (χ0v) is 16.8. The number of hydrogen-bond donors (Lipinski definition) is 1. The van der Waals surface area contributed by atoms with E-state index in [1.165, 1.54) is 23.5 Å². The summed E-state index contributed by atoms with van der Waals surface area (Å²) in [6, 6.07) is 20.8. The molecule has 0 amide bonds. The highest BCUT2D eigenvalue weighted by atomic mass is 35.5. The van der Waals surface area contributed by atoms with Crippen molar-refractivity contribution in [3.8, 4) is 21.6 Å². The molecule has 2 N–H and O–H groups in total. The first-order valence-electron chi connectivity index (χ1n) is 8.30. The zero-order chi connectivity index (χ0) is 19.9. The third-order valence-corrected chi connectivity index (χ3v) is 6.86. The van der Waals surface area contributed by atoms with Gasteiger partial charge in [0.2, 0.25) is 10.0 Å². The third kappa shape index (κ3) is 3.36. The van der Waals surface area contributed by atoms with Gasteiger partial charge in [-0.2, -0.15) is 0 Å². The van der Waals surface area contributed by atoms with Crippen LogP contribution in [0.15, 0.2) is 82.5 Å². The van der Waals surface area contributed by atoms with Gasteiger partial charge < -0.3 is 0 Å². The van der Waals surface area contributed by atoms with Crippen molar-refractivity contribution < 1.29 is 8.42 Å². The first-order valence-corrected chi connectivity index (χ1v) is 11.0. The fraction of sp³-hybridized carbons (Fsp3) is 0. The Bertz CT molecular complexity index is 1360. The van der Waals surface area contributed by atoms with Crippen LogP contribution in [0.4, 0.5) is 0 Å². The third-order valence-electron chi connectivity index (χ3n) is 4.39. The van der Waals surface area contributed by atoms with Gasteiger partial charge in [-0.25, -0.2) is 13.6 Å². The maximum Gasteiger partial charge on any atom is 0.238 e. The van der Waals surface area contributed by atoms with E-state index in [9.17, 15) is 13.2 Å². The lowest BCUT2D eigenvalue weighted by molar-refractivity contribution is 0.598. The van der Waals surface area contributed by atoms with Crippen LogP contribution in [0.3, 0.4) is 0 Å².